The summed E-state index contributed by atoms with van der Waals surface area (Å²) in [6.45, 7) is 7.67. The zero-order chi connectivity index (χ0) is 15.2. The van der Waals surface area contributed by atoms with Crippen LogP contribution in [-0.2, 0) is 0 Å². The zero-order valence-corrected chi connectivity index (χ0v) is 14.6. The van der Waals surface area contributed by atoms with Crippen molar-refractivity contribution < 1.29 is 0 Å². The van der Waals surface area contributed by atoms with E-state index in [0.717, 1.165) is 17.5 Å². The second-order valence-electron chi connectivity index (χ2n) is 6.64. The van der Waals surface area contributed by atoms with Gasteiger partial charge in [0.05, 0.1) is 0 Å². The van der Waals surface area contributed by atoms with Gasteiger partial charge in [0.25, 0.3) is 0 Å². The van der Waals surface area contributed by atoms with Gasteiger partial charge >= 0.3 is 0 Å². The summed E-state index contributed by atoms with van der Waals surface area (Å²) in [5.74, 6) is 0.776. The molecule has 1 atom stereocenters. The van der Waals surface area contributed by atoms with E-state index in [1.54, 1.807) is 0 Å². The molecule has 2 rings (SSSR count). The van der Waals surface area contributed by atoms with Gasteiger partial charge in [0.15, 0.2) is 0 Å². The van der Waals surface area contributed by atoms with Crippen molar-refractivity contribution in [2.24, 2.45) is 5.92 Å². The van der Waals surface area contributed by atoms with Crippen LogP contribution in [0.5, 0.6) is 0 Å². The van der Waals surface area contributed by atoms with Crippen LogP contribution >= 0.6 is 11.6 Å². The minimum atomic E-state index is 0.499. The molecule has 0 aromatic heterocycles. The second kappa shape index (κ2) is 8.19. The van der Waals surface area contributed by atoms with Gasteiger partial charge in [-0.25, -0.2) is 0 Å². The smallest absolute Gasteiger partial charge is 0.0438 e. The first-order chi connectivity index (χ1) is 10.1. The van der Waals surface area contributed by atoms with E-state index in [9.17, 15) is 0 Å². The molecule has 0 bridgehead atoms. The van der Waals surface area contributed by atoms with Crippen molar-refractivity contribution in [2.45, 2.75) is 71.8 Å². The molecular formula is C19H30ClN. The minimum absolute atomic E-state index is 0.499. The Labute approximate surface area is 135 Å². The number of hydrogen-bond donors (Lipinski definition) is 1. The van der Waals surface area contributed by atoms with Gasteiger partial charge in [-0.15, -0.1) is 0 Å². The molecule has 0 radical (unpaired) electrons. The third-order valence-electron chi connectivity index (χ3n) is 4.87. The van der Waals surface area contributed by atoms with Crippen LogP contribution < -0.4 is 5.32 Å². The van der Waals surface area contributed by atoms with Crippen LogP contribution in [0.4, 0.5) is 0 Å². The molecule has 1 saturated carbocycles. The van der Waals surface area contributed by atoms with E-state index >= 15 is 0 Å². The lowest BCUT2D eigenvalue weighted by atomic mass is 9.84. The third-order valence-corrected chi connectivity index (χ3v) is 5.28. The van der Waals surface area contributed by atoms with Crippen molar-refractivity contribution in [1.29, 1.82) is 0 Å². The first-order valence-corrected chi connectivity index (χ1v) is 9.01. The Bertz CT molecular complexity index is 447. The lowest BCUT2D eigenvalue weighted by Gasteiger charge is -2.29. The van der Waals surface area contributed by atoms with Crippen molar-refractivity contribution in [3.8, 4) is 0 Å². The van der Waals surface area contributed by atoms with E-state index in [1.165, 1.54) is 61.6 Å². The maximum absolute atomic E-state index is 6.29. The highest BCUT2D eigenvalue weighted by Crippen LogP contribution is 2.36. The summed E-state index contributed by atoms with van der Waals surface area (Å²) in [5.41, 5.74) is 4.01. The second-order valence-corrected chi connectivity index (χ2v) is 7.05. The van der Waals surface area contributed by atoms with Gasteiger partial charge in [-0.1, -0.05) is 50.3 Å². The number of nitrogens with one attached hydrogen (secondary N) is 1. The van der Waals surface area contributed by atoms with E-state index in [0.29, 0.717) is 6.04 Å². The largest absolute Gasteiger partial charge is 0.310 e. The summed E-state index contributed by atoms with van der Waals surface area (Å²) in [4.78, 5) is 0. The summed E-state index contributed by atoms with van der Waals surface area (Å²) in [6.07, 6.45) is 9.52. The van der Waals surface area contributed by atoms with E-state index in [2.05, 4.69) is 38.2 Å². The minimum Gasteiger partial charge on any atom is -0.310 e. The predicted octanol–water partition coefficient (Wildman–Crippen LogP) is 5.97. The Morgan fingerprint density at radius 1 is 1.10 bits per heavy atom. The van der Waals surface area contributed by atoms with Crippen molar-refractivity contribution in [3.05, 3.63) is 33.8 Å². The number of hydrogen-bond acceptors (Lipinski definition) is 1. The van der Waals surface area contributed by atoms with Gasteiger partial charge in [0.2, 0.25) is 0 Å². The highest BCUT2D eigenvalue weighted by atomic mass is 35.5. The van der Waals surface area contributed by atoms with Crippen molar-refractivity contribution >= 4 is 11.6 Å². The van der Waals surface area contributed by atoms with Gasteiger partial charge in [-0.05, 0) is 68.3 Å². The van der Waals surface area contributed by atoms with Crippen LogP contribution in [0.1, 0.15) is 74.6 Å². The van der Waals surface area contributed by atoms with E-state index < -0.39 is 0 Å². The molecule has 0 spiro atoms. The Kier molecular flexibility index (Phi) is 6.57. The molecule has 0 heterocycles. The fourth-order valence-electron chi connectivity index (χ4n) is 3.61. The fourth-order valence-corrected chi connectivity index (χ4v) is 3.83. The van der Waals surface area contributed by atoms with Crippen LogP contribution in [0.3, 0.4) is 0 Å². The SMILES string of the molecule is CCCNC(c1cc(C)c(Cl)cc1C)C1CCCCCC1. The fraction of sp³-hybridized carbons (Fsp3) is 0.684. The molecule has 1 aliphatic carbocycles. The molecule has 1 fully saturated rings. The number of aryl methyl sites for hydroxylation is 2. The van der Waals surface area contributed by atoms with E-state index in [-0.39, 0.29) is 0 Å². The highest BCUT2D eigenvalue weighted by molar-refractivity contribution is 6.31. The van der Waals surface area contributed by atoms with Crippen molar-refractivity contribution in [1.82, 2.24) is 5.32 Å². The van der Waals surface area contributed by atoms with Crippen LogP contribution in [0.25, 0.3) is 0 Å². The first-order valence-electron chi connectivity index (χ1n) is 8.63. The highest BCUT2D eigenvalue weighted by Gasteiger charge is 2.25. The first kappa shape index (κ1) is 16.8. The molecule has 1 N–H and O–H groups in total. The van der Waals surface area contributed by atoms with Crippen LogP contribution in [0.15, 0.2) is 12.1 Å². The average Bonchev–Trinajstić information content (AvgIpc) is 2.74. The monoisotopic (exact) mass is 307 g/mol. The molecule has 1 aromatic carbocycles. The molecule has 0 saturated heterocycles. The molecule has 118 valence electrons. The van der Waals surface area contributed by atoms with Crippen LogP contribution in [0.2, 0.25) is 5.02 Å². The summed E-state index contributed by atoms with van der Waals surface area (Å²) in [6, 6.07) is 4.96. The molecule has 1 unspecified atom stereocenters. The third kappa shape index (κ3) is 4.47. The standard InChI is InChI=1S/C19H30ClN/c1-4-11-21-19(16-9-7-5-6-8-10-16)17-12-15(3)18(20)13-14(17)2/h12-13,16,19,21H,4-11H2,1-3H3. The molecule has 0 amide bonds. The van der Waals surface area contributed by atoms with Gasteiger partial charge in [-0.2, -0.15) is 0 Å². The molecule has 21 heavy (non-hydrogen) atoms. The van der Waals surface area contributed by atoms with Crippen molar-refractivity contribution in [2.75, 3.05) is 6.54 Å². The maximum Gasteiger partial charge on any atom is 0.0438 e. The van der Waals surface area contributed by atoms with E-state index in [4.69, 9.17) is 11.6 Å². The van der Waals surface area contributed by atoms with Crippen molar-refractivity contribution in [3.63, 3.8) is 0 Å². The van der Waals surface area contributed by atoms with Gasteiger partial charge in [0, 0.05) is 11.1 Å². The zero-order valence-electron chi connectivity index (χ0n) is 13.8. The number of rotatable bonds is 5. The topological polar surface area (TPSA) is 12.0 Å². The molecule has 0 aliphatic heterocycles. The summed E-state index contributed by atoms with van der Waals surface area (Å²) in [5, 5.41) is 4.72. The Hall–Kier alpha value is -0.530. The van der Waals surface area contributed by atoms with Gasteiger partial charge in [0.1, 0.15) is 0 Å². The summed E-state index contributed by atoms with van der Waals surface area (Å²) in [7, 11) is 0. The number of halogens is 1. The lowest BCUT2D eigenvalue weighted by molar-refractivity contribution is 0.325. The molecule has 1 nitrogen and oxygen atoms in total. The van der Waals surface area contributed by atoms with Gasteiger partial charge in [-0.3, -0.25) is 0 Å². The lowest BCUT2D eigenvalue weighted by Crippen LogP contribution is -2.29. The van der Waals surface area contributed by atoms with Gasteiger partial charge < -0.3 is 5.32 Å². The normalized spacial score (nSPS) is 18.5. The Balaban J connectivity index is 2.27. The van der Waals surface area contributed by atoms with E-state index in [1.807, 2.05) is 0 Å². The molecule has 2 heteroatoms. The van der Waals surface area contributed by atoms with Crippen LogP contribution in [-0.4, -0.2) is 6.54 Å². The molecule has 1 aromatic rings. The van der Waals surface area contributed by atoms with Crippen LogP contribution in [0, 0.1) is 19.8 Å². The molecular weight excluding hydrogens is 278 g/mol. The summed E-state index contributed by atoms with van der Waals surface area (Å²) < 4.78 is 0. The average molecular weight is 308 g/mol. The maximum atomic E-state index is 6.29. The Morgan fingerprint density at radius 2 is 1.76 bits per heavy atom. The predicted molar refractivity (Wildman–Crippen MR) is 93.2 cm³/mol. The summed E-state index contributed by atoms with van der Waals surface area (Å²) >= 11 is 6.29. The Morgan fingerprint density at radius 3 is 2.38 bits per heavy atom. The molecule has 1 aliphatic rings. The number of benzene rings is 1. The quantitative estimate of drug-likeness (QED) is 0.661.